The molecule has 0 aliphatic rings. The Morgan fingerprint density at radius 2 is 2.00 bits per heavy atom. The van der Waals surface area contributed by atoms with Crippen molar-refractivity contribution in [2.45, 2.75) is 25.7 Å². The Hall–Kier alpha value is -2.50. The van der Waals surface area contributed by atoms with Crippen LogP contribution in [0.2, 0.25) is 0 Å². The standard InChI is InChI=1S/C16H22N2O4/c1-22-14-8-5-4-7-13(14)10-12-18-16(21)17-11-6-2-3-9-15(19)20/h4-5,7-8,10,12H,2-3,6,9,11H2,1H3,(H,19,20)(H2,17,18,21)/b12-10+. The largest absolute Gasteiger partial charge is 0.496 e. The fourth-order valence-electron chi connectivity index (χ4n) is 1.84. The first-order valence-electron chi connectivity index (χ1n) is 7.19. The highest BCUT2D eigenvalue weighted by molar-refractivity contribution is 5.76. The second kappa shape index (κ2) is 10.3. The number of ether oxygens (including phenoxy) is 1. The van der Waals surface area contributed by atoms with Gasteiger partial charge in [-0.15, -0.1) is 0 Å². The maximum Gasteiger partial charge on any atom is 0.318 e. The first-order chi connectivity index (χ1) is 10.6. The lowest BCUT2D eigenvalue weighted by Gasteiger charge is -2.05. The van der Waals surface area contributed by atoms with Crippen molar-refractivity contribution in [3.8, 4) is 5.75 Å². The van der Waals surface area contributed by atoms with Crippen LogP contribution in [0.15, 0.2) is 30.5 Å². The molecule has 0 saturated heterocycles. The van der Waals surface area contributed by atoms with Crippen LogP contribution in [0.3, 0.4) is 0 Å². The number of aliphatic carboxylic acids is 1. The number of unbranched alkanes of at least 4 members (excludes halogenated alkanes) is 2. The lowest BCUT2D eigenvalue weighted by molar-refractivity contribution is -0.137. The number of amides is 2. The Balaban J connectivity index is 2.20. The van der Waals surface area contributed by atoms with Crippen molar-refractivity contribution < 1.29 is 19.4 Å². The molecule has 120 valence electrons. The number of para-hydroxylation sites is 1. The third-order valence-corrected chi connectivity index (χ3v) is 2.97. The van der Waals surface area contributed by atoms with Crippen LogP contribution in [0.1, 0.15) is 31.2 Å². The highest BCUT2D eigenvalue weighted by atomic mass is 16.5. The van der Waals surface area contributed by atoms with Crippen molar-refractivity contribution in [1.29, 1.82) is 0 Å². The Morgan fingerprint density at radius 1 is 1.23 bits per heavy atom. The molecule has 6 heteroatoms. The molecule has 22 heavy (non-hydrogen) atoms. The van der Waals surface area contributed by atoms with E-state index in [2.05, 4.69) is 10.6 Å². The summed E-state index contributed by atoms with van der Waals surface area (Å²) in [6, 6.07) is 7.21. The minimum Gasteiger partial charge on any atom is -0.496 e. The molecule has 6 nitrogen and oxygen atoms in total. The molecule has 0 atom stereocenters. The van der Waals surface area contributed by atoms with Gasteiger partial charge >= 0.3 is 12.0 Å². The molecule has 1 aromatic carbocycles. The number of carboxylic acid groups (broad SMARTS) is 1. The number of urea groups is 1. The van der Waals surface area contributed by atoms with E-state index in [1.807, 2.05) is 24.3 Å². The summed E-state index contributed by atoms with van der Waals surface area (Å²) in [5.41, 5.74) is 0.874. The summed E-state index contributed by atoms with van der Waals surface area (Å²) < 4.78 is 5.20. The molecule has 1 aromatic rings. The van der Waals surface area contributed by atoms with Crippen LogP contribution in [0.25, 0.3) is 6.08 Å². The molecular formula is C16H22N2O4. The van der Waals surface area contributed by atoms with E-state index < -0.39 is 5.97 Å². The predicted molar refractivity (Wildman–Crippen MR) is 84.7 cm³/mol. The first-order valence-corrected chi connectivity index (χ1v) is 7.19. The fraction of sp³-hybridized carbons (Fsp3) is 0.375. The minimum absolute atomic E-state index is 0.174. The van der Waals surface area contributed by atoms with Crippen LogP contribution in [0.4, 0.5) is 4.79 Å². The van der Waals surface area contributed by atoms with Crippen molar-refractivity contribution in [1.82, 2.24) is 10.6 Å². The summed E-state index contributed by atoms with van der Waals surface area (Å²) in [4.78, 5) is 21.9. The molecule has 2 amide bonds. The Morgan fingerprint density at radius 3 is 2.73 bits per heavy atom. The molecular weight excluding hydrogens is 284 g/mol. The average Bonchev–Trinajstić information content (AvgIpc) is 2.51. The summed E-state index contributed by atoms with van der Waals surface area (Å²) in [5, 5.41) is 13.8. The SMILES string of the molecule is COc1ccccc1/C=C/NC(=O)NCCCCCC(=O)O. The van der Waals surface area contributed by atoms with Crippen molar-refractivity contribution in [3.63, 3.8) is 0 Å². The zero-order valence-corrected chi connectivity index (χ0v) is 12.7. The number of benzene rings is 1. The van der Waals surface area contributed by atoms with Gasteiger partial charge in [-0.1, -0.05) is 24.6 Å². The van der Waals surface area contributed by atoms with Gasteiger partial charge in [0.15, 0.2) is 0 Å². The summed E-state index contributed by atoms with van der Waals surface area (Å²) >= 11 is 0. The van der Waals surface area contributed by atoms with Crippen molar-refractivity contribution in [2.75, 3.05) is 13.7 Å². The second-order valence-corrected chi connectivity index (χ2v) is 4.68. The smallest absolute Gasteiger partial charge is 0.318 e. The Bertz CT molecular complexity index is 515. The van der Waals surface area contributed by atoms with Crippen LogP contribution in [-0.4, -0.2) is 30.8 Å². The van der Waals surface area contributed by atoms with Gasteiger partial charge in [-0.2, -0.15) is 0 Å². The zero-order valence-electron chi connectivity index (χ0n) is 12.7. The number of methoxy groups -OCH3 is 1. The lowest BCUT2D eigenvalue weighted by atomic mass is 10.2. The van der Waals surface area contributed by atoms with Crippen LogP contribution in [-0.2, 0) is 4.79 Å². The van der Waals surface area contributed by atoms with E-state index in [0.717, 1.165) is 24.2 Å². The van der Waals surface area contributed by atoms with E-state index in [1.54, 1.807) is 19.4 Å². The summed E-state index contributed by atoms with van der Waals surface area (Å²) in [6.07, 6.45) is 5.66. The highest BCUT2D eigenvalue weighted by Gasteiger charge is 1.99. The van der Waals surface area contributed by atoms with E-state index in [1.165, 1.54) is 0 Å². The van der Waals surface area contributed by atoms with Crippen LogP contribution in [0, 0.1) is 0 Å². The van der Waals surface area contributed by atoms with Crippen molar-refractivity contribution in [2.24, 2.45) is 0 Å². The van der Waals surface area contributed by atoms with Gasteiger partial charge in [0.25, 0.3) is 0 Å². The number of carbonyl (C=O) groups excluding carboxylic acids is 1. The molecule has 0 heterocycles. The molecule has 0 aliphatic carbocycles. The third kappa shape index (κ3) is 7.33. The molecule has 1 rings (SSSR count). The van der Waals surface area contributed by atoms with Gasteiger partial charge in [-0.05, 0) is 25.0 Å². The average molecular weight is 306 g/mol. The monoisotopic (exact) mass is 306 g/mol. The number of rotatable bonds is 9. The van der Waals surface area contributed by atoms with Crippen LogP contribution in [0.5, 0.6) is 5.75 Å². The van der Waals surface area contributed by atoms with Crippen molar-refractivity contribution >= 4 is 18.1 Å². The number of carboxylic acids is 1. The summed E-state index contributed by atoms with van der Waals surface area (Å²) in [5.74, 6) is -0.0495. The molecule has 0 radical (unpaired) electrons. The van der Waals surface area contributed by atoms with Gasteiger partial charge in [-0.3, -0.25) is 4.79 Å². The predicted octanol–water partition coefficient (Wildman–Crippen LogP) is 2.61. The molecule has 0 bridgehead atoms. The second-order valence-electron chi connectivity index (χ2n) is 4.68. The minimum atomic E-state index is -0.785. The van der Waals surface area contributed by atoms with Crippen LogP contribution >= 0.6 is 0 Å². The van der Waals surface area contributed by atoms with E-state index in [9.17, 15) is 9.59 Å². The van der Waals surface area contributed by atoms with Gasteiger partial charge in [0.05, 0.1) is 7.11 Å². The van der Waals surface area contributed by atoms with Gasteiger partial charge in [0.1, 0.15) is 5.75 Å². The summed E-state index contributed by atoms with van der Waals surface area (Å²) in [6.45, 7) is 0.522. The molecule has 0 fully saturated rings. The van der Waals surface area contributed by atoms with E-state index >= 15 is 0 Å². The van der Waals surface area contributed by atoms with Gasteiger partial charge in [-0.25, -0.2) is 4.79 Å². The van der Waals surface area contributed by atoms with Crippen LogP contribution < -0.4 is 15.4 Å². The quantitative estimate of drug-likeness (QED) is 0.612. The van der Waals surface area contributed by atoms with E-state index in [4.69, 9.17) is 9.84 Å². The number of hydrogen-bond donors (Lipinski definition) is 3. The molecule has 0 spiro atoms. The lowest BCUT2D eigenvalue weighted by Crippen LogP contribution is -2.32. The maximum atomic E-state index is 11.5. The normalized spacial score (nSPS) is 10.4. The number of hydrogen-bond acceptors (Lipinski definition) is 3. The van der Waals surface area contributed by atoms with E-state index in [-0.39, 0.29) is 12.5 Å². The van der Waals surface area contributed by atoms with Crippen molar-refractivity contribution in [3.05, 3.63) is 36.0 Å². The first kappa shape index (κ1) is 17.6. The van der Waals surface area contributed by atoms with Gasteiger partial charge in [0.2, 0.25) is 0 Å². The Labute approximate surface area is 130 Å². The molecule has 0 aliphatic heterocycles. The molecule has 3 N–H and O–H groups in total. The fourth-order valence-corrected chi connectivity index (χ4v) is 1.84. The van der Waals surface area contributed by atoms with E-state index in [0.29, 0.717) is 13.0 Å². The number of carbonyl (C=O) groups is 2. The molecule has 0 aromatic heterocycles. The maximum absolute atomic E-state index is 11.5. The highest BCUT2D eigenvalue weighted by Crippen LogP contribution is 2.18. The molecule has 0 unspecified atom stereocenters. The van der Waals surface area contributed by atoms with Gasteiger partial charge in [0, 0.05) is 24.7 Å². The summed E-state index contributed by atoms with van der Waals surface area (Å²) in [7, 11) is 1.59. The van der Waals surface area contributed by atoms with Gasteiger partial charge < -0.3 is 20.5 Å². The molecule has 0 saturated carbocycles. The zero-order chi connectivity index (χ0) is 16.2. The third-order valence-electron chi connectivity index (χ3n) is 2.97. The topological polar surface area (TPSA) is 87.7 Å². The number of nitrogens with one attached hydrogen (secondary N) is 2. The Kier molecular flexibility index (Phi) is 8.18.